The normalized spacial score (nSPS) is 14.1. The van der Waals surface area contributed by atoms with Gasteiger partial charge in [-0.15, -0.1) is 0 Å². The van der Waals surface area contributed by atoms with E-state index in [9.17, 15) is 13.2 Å². The molecule has 2 aromatic rings. The maximum atomic E-state index is 13.1. The lowest BCUT2D eigenvalue weighted by atomic mass is 10.1. The minimum absolute atomic E-state index is 0.110. The van der Waals surface area contributed by atoms with E-state index in [0.717, 1.165) is 0 Å². The van der Waals surface area contributed by atoms with Gasteiger partial charge < -0.3 is 23.8 Å². The van der Waals surface area contributed by atoms with Gasteiger partial charge in [-0.25, -0.2) is 8.42 Å². The Labute approximate surface area is 185 Å². The fourth-order valence-corrected chi connectivity index (χ4v) is 4.42. The number of ether oxygens (including phenoxy) is 4. The first-order valence-corrected chi connectivity index (χ1v) is 11.2. The average Bonchev–Trinajstić information content (AvgIpc) is 2.79. The molecule has 11 heteroatoms. The number of rotatable bonds is 7. The van der Waals surface area contributed by atoms with Crippen molar-refractivity contribution < 1.29 is 32.2 Å². The third kappa shape index (κ3) is 4.97. The lowest BCUT2D eigenvalue weighted by Crippen LogP contribution is -2.40. The molecule has 1 aliphatic rings. The summed E-state index contributed by atoms with van der Waals surface area (Å²) in [5.74, 6) is 0.440. The van der Waals surface area contributed by atoms with E-state index < -0.39 is 10.0 Å². The molecule has 0 saturated carbocycles. The van der Waals surface area contributed by atoms with Gasteiger partial charge in [0.25, 0.3) is 15.9 Å². The molecule has 1 N–H and O–H groups in total. The second kappa shape index (κ2) is 9.63. The van der Waals surface area contributed by atoms with Crippen LogP contribution < -0.4 is 18.9 Å². The largest absolute Gasteiger partial charge is 0.496 e. The third-order valence-electron chi connectivity index (χ3n) is 4.73. The van der Waals surface area contributed by atoms with Gasteiger partial charge in [-0.2, -0.15) is 0 Å². The molecule has 0 aliphatic carbocycles. The van der Waals surface area contributed by atoms with E-state index in [0.29, 0.717) is 26.3 Å². The van der Waals surface area contributed by atoms with E-state index in [4.69, 9.17) is 30.5 Å². The summed E-state index contributed by atoms with van der Waals surface area (Å²) in [6.45, 7) is 1.68. The number of carbonyl (C=O) groups excluding carboxylic acids is 1. The number of halogens is 1. The van der Waals surface area contributed by atoms with Crippen LogP contribution in [0.2, 0.25) is 5.02 Å². The Hall–Kier alpha value is -2.69. The van der Waals surface area contributed by atoms with Crippen LogP contribution in [0.3, 0.4) is 0 Å². The van der Waals surface area contributed by atoms with Crippen LogP contribution in [0.15, 0.2) is 35.2 Å². The molecule has 1 amide bonds. The van der Waals surface area contributed by atoms with Crippen LogP contribution in [0.1, 0.15) is 10.4 Å². The molecule has 0 spiro atoms. The Morgan fingerprint density at radius 3 is 2.26 bits per heavy atom. The predicted molar refractivity (Wildman–Crippen MR) is 115 cm³/mol. The van der Waals surface area contributed by atoms with Crippen LogP contribution in [0.25, 0.3) is 0 Å². The molecule has 0 bridgehead atoms. The SMILES string of the molecule is COc1cc(NS(=O)(=O)c2ccc(OC)c(C(=O)N3CCOCC3)c2)c(OC)cc1Cl. The number of hydrogen-bond donors (Lipinski definition) is 1. The summed E-state index contributed by atoms with van der Waals surface area (Å²) in [5.41, 5.74) is 0.286. The van der Waals surface area contributed by atoms with Crippen molar-refractivity contribution >= 4 is 33.2 Å². The lowest BCUT2D eigenvalue weighted by molar-refractivity contribution is 0.0300. The van der Waals surface area contributed by atoms with Crippen LogP contribution in [0, 0.1) is 0 Å². The summed E-state index contributed by atoms with van der Waals surface area (Å²) in [7, 11) is 0.151. The number of benzene rings is 2. The van der Waals surface area contributed by atoms with E-state index >= 15 is 0 Å². The number of hydrogen-bond acceptors (Lipinski definition) is 7. The number of nitrogens with one attached hydrogen (secondary N) is 1. The molecule has 0 atom stereocenters. The van der Waals surface area contributed by atoms with Crippen molar-refractivity contribution in [2.45, 2.75) is 4.90 Å². The first kappa shape index (κ1) is 23.0. The molecule has 0 unspecified atom stereocenters. The van der Waals surface area contributed by atoms with Crippen molar-refractivity contribution in [2.24, 2.45) is 0 Å². The summed E-state index contributed by atoms with van der Waals surface area (Å²) in [6.07, 6.45) is 0. The zero-order valence-corrected chi connectivity index (χ0v) is 18.9. The molecule has 2 aromatic carbocycles. The van der Waals surface area contributed by atoms with Gasteiger partial charge in [0.2, 0.25) is 0 Å². The van der Waals surface area contributed by atoms with Gasteiger partial charge in [-0.1, -0.05) is 11.6 Å². The lowest BCUT2D eigenvalue weighted by Gasteiger charge is -2.27. The number of methoxy groups -OCH3 is 3. The Morgan fingerprint density at radius 2 is 1.65 bits per heavy atom. The zero-order chi connectivity index (χ0) is 22.6. The standard InChI is InChI=1S/C20H23ClN2O7S/c1-27-17-5-4-13(10-14(17)20(24)23-6-8-30-9-7-23)31(25,26)22-16-12-18(28-2)15(21)11-19(16)29-3/h4-5,10-12,22H,6-9H2,1-3H3. The number of amides is 1. The van der Waals surface area contributed by atoms with E-state index in [1.807, 2.05) is 0 Å². The fraction of sp³-hybridized carbons (Fsp3) is 0.350. The number of nitrogens with zero attached hydrogens (tertiary/aromatic N) is 1. The summed E-state index contributed by atoms with van der Waals surface area (Å²) in [5, 5.41) is 0.269. The Balaban J connectivity index is 1.97. The first-order chi connectivity index (χ1) is 14.8. The van der Waals surface area contributed by atoms with Crippen molar-refractivity contribution in [3.63, 3.8) is 0 Å². The highest BCUT2D eigenvalue weighted by Crippen LogP contribution is 2.37. The van der Waals surface area contributed by atoms with Crippen LogP contribution in [-0.4, -0.2) is 66.9 Å². The molecule has 3 rings (SSSR count). The molecule has 1 heterocycles. The van der Waals surface area contributed by atoms with Crippen LogP contribution in [-0.2, 0) is 14.8 Å². The smallest absolute Gasteiger partial charge is 0.262 e. The van der Waals surface area contributed by atoms with E-state index in [2.05, 4.69) is 4.72 Å². The summed E-state index contributed by atoms with van der Waals surface area (Å²) >= 11 is 6.08. The molecule has 31 heavy (non-hydrogen) atoms. The van der Waals surface area contributed by atoms with E-state index in [1.54, 1.807) is 4.90 Å². The molecule has 1 aliphatic heterocycles. The molecule has 1 fully saturated rings. The van der Waals surface area contributed by atoms with Gasteiger partial charge in [-0.3, -0.25) is 9.52 Å². The van der Waals surface area contributed by atoms with Crippen molar-refractivity contribution in [1.82, 2.24) is 4.90 Å². The summed E-state index contributed by atoms with van der Waals surface area (Å²) in [4.78, 5) is 14.4. The monoisotopic (exact) mass is 470 g/mol. The molecular weight excluding hydrogens is 448 g/mol. The molecule has 1 saturated heterocycles. The van der Waals surface area contributed by atoms with Gasteiger partial charge in [0.15, 0.2) is 0 Å². The first-order valence-electron chi connectivity index (χ1n) is 9.30. The van der Waals surface area contributed by atoms with Crippen molar-refractivity contribution in [2.75, 3.05) is 52.4 Å². The number of sulfonamides is 1. The average molecular weight is 471 g/mol. The van der Waals surface area contributed by atoms with Crippen molar-refractivity contribution in [1.29, 1.82) is 0 Å². The second-order valence-corrected chi connectivity index (χ2v) is 8.65. The molecule has 0 radical (unpaired) electrons. The molecule has 0 aromatic heterocycles. The van der Waals surface area contributed by atoms with Crippen LogP contribution in [0.5, 0.6) is 17.2 Å². The Kier molecular flexibility index (Phi) is 7.14. The Morgan fingerprint density at radius 1 is 1.00 bits per heavy atom. The van der Waals surface area contributed by atoms with Crippen molar-refractivity contribution in [3.8, 4) is 17.2 Å². The maximum absolute atomic E-state index is 13.1. The van der Waals surface area contributed by atoms with E-state index in [1.165, 1.54) is 51.7 Å². The quantitative estimate of drug-likeness (QED) is 0.663. The topological polar surface area (TPSA) is 103 Å². The van der Waals surface area contributed by atoms with Crippen LogP contribution >= 0.6 is 11.6 Å². The van der Waals surface area contributed by atoms with E-state index in [-0.39, 0.29) is 44.3 Å². The predicted octanol–water partition coefficient (Wildman–Crippen LogP) is 2.64. The van der Waals surface area contributed by atoms with Gasteiger partial charge >= 0.3 is 0 Å². The minimum atomic E-state index is -4.08. The van der Waals surface area contributed by atoms with Gasteiger partial charge in [0.05, 0.1) is 55.7 Å². The maximum Gasteiger partial charge on any atom is 0.262 e. The van der Waals surface area contributed by atoms with Crippen molar-refractivity contribution in [3.05, 3.63) is 40.9 Å². The molecule has 168 valence electrons. The highest BCUT2D eigenvalue weighted by Gasteiger charge is 2.25. The fourth-order valence-electron chi connectivity index (χ4n) is 3.10. The highest BCUT2D eigenvalue weighted by atomic mass is 35.5. The van der Waals surface area contributed by atoms with Crippen LogP contribution in [0.4, 0.5) is 5.69 Å². The molecule has 9 nitrogen and oxygen atoms in total. The molecular formula is C20H23ClN2O7S. The number of carbonyl (C=O) groups is 1. The Bertz CT molecular complexity index is 1070. The number of morpholine rings is 1. The third-order valence-corrected chi connectivity index (χ3v) is 6.39. The second-order valence-electron chi connectivity index (χ2n) is 6.56. The van der Waals surface area contributed by atoms with Gasteiger partial charge in [0.1, 0.15) is 17.2 Å². The van der Waals surface area contributed by atoms with Gasteiger partial charge in [-0.05, 0) is 18.2 Å². The number of anilines is 1. The minimum Gasteiger partial charge on any atom is -0.496 e. The highest BCUT2D eigenvalue weighted by molar-refractivity contribution is 7.92. The summed E-state index contributed by atoms with van der Waals surface area (Å²) < 4.78 is 49.6. The summed E-state index contributed by atoms with van der Waals surface area (Å²) in [6, 6.07) is 6.96. The van der Waals surface area contributed by atoms with Gasteiger partial charge in [0, 0.05) is 25.2 Å². The zero-order valence-electron chi connectivity index (χ0n) is 17.3.